The Kier molecular flexibility index (Phi) is 4.58. The summed E-state index contributed by atoms with van der Waals surface area (Å²) in [6.45, 7) is 0. The molecule has 0 radical (unpaired) electrons. The first-order valence-corrected chi connectivity index (χ1v) is 6.97. The van der Waals surface area contributed by atoms with Gasteiger partial charge in [-0.05, 0) is 29.8 Å². The Hall–Kier alpha value is -2.69. The van der Waals surface area contributed by atoms with Crippen molar-refractivity contribution in [1.82, 2.24) is 4.98 Å². The van der Waals surface area contributed by atoms with Gasteiger partial charge in [-0.2, -0.15) is 13.2 Å². The Labute approximate surface area is 156 Å². The van der Waals surface area contributed by atoms with Crippen LogP contribution in [0.2, 0.25) is 0 Å². The minimum absolute atomic E-state index is 0.308. The van der Waals surface area contributed by atoms with Crippen molar-refractivity contribution in [3.63, 3.8) is 0 Å². The highest BCUT2D eigenvalue weighted by Gasteiger charge is 2.33. The summed E-state index contributed by atoms with van der Waals surface area (Å²) in [6.07, 6.45) is -9.70. The predicted molar refractivity (Wildman–Crippen MR) is 79.2 cm³/mol. The van der Waals surface area contributed by atoms with Crippen LogP contribution in [0.1, 0.15) is 20.2 Å². The maximum Gasteiger partial charge on any atom is 0.573 e. The van der Waals surface area contributed by atoms with E-state index in [9.17, 15) is 31.1 Å². The van der Waals surface area contributed by atoms with Crippen LogP contribution in [0.5, 0.6) is 23.0 Å². The molecule has 0 unspecified atom stereocenters. The van der Waals surface area contributed by atoms with Crippen LogP contribution in [0.25, 0.3) is 0 Å². The maximum absolute atomic E-state index is 12.9. The van der Waals surface area contributed by atoms with Crippen molar-refractivity contribution in [3.8, 4) is 23.0 Å². The molecule has 0 fully saturated rings. The topological polar surface area (TPSA) is 57.6 Å². The van der Waals surface area contributed by atoms with E-state index in [0.717, 1.165) is 6.07 Å². The van der Waals surface area contributed by atoms with E-state index in [4.69, 9.17) is 20.5 Å². The third-order valence-electron chi connectivity index (χ3n) is 2.84. The van der Waals surface area contributed by atoms with E-state index in [2.05, 4.69) is 14.5 Å². The SMILES string of the molecule is [2H]C([2H])([2H])Oc1cc(OC(F)(F)F)ccc1Oc1cc(C(F)(F)F)cnc1C(=O)Cl. The largest absolute Gasteiger partial charge is 0.573 e. The van der Waals surface area contributed by atoms with E-state index in [-0.39, 0.29) is 0 Å². The number of halogens is 7. The fourth-order valence-corrected chi connectivity index (χ4v) is 1.93. The Morgan fingerprint density at radius 2 is 1.81 bits per heavy atom. The first-order chi connectivity index (χ1) is 13.5. The number of benzene rings is 1. The van der Waals surface area contributed by atoms with Crippen molar-refractivity contribution in [2.75, 3.05) is 7.04 Å². The van der Waals surface area contributed by atoms with Crippen LogP contribution in [-0.4, -0.2) is 23.6 Å². The monoisotopic (exact) mass is 418 g/mol. The summed E-state index contributed by atoms with van der Waals surface area (Å²) < 4.78 is 110. The summed E-state index contributed by atoms with van der Waals surface area (Å²) in [5, 5.41) is -1.31. The molecule has 0 N–H and O–H groups in total. The van der Waals surface area contributed by atoms with E-state index < -0.39 is 59.1 Å². The summed E-state index contributed by atoms with van der Waals surface area (Å²) >= 11 is 5.26. The second-order valence-electron chi connectivity index (χ2n) is 4.70. The number of alkyl halides is 6. The summed E-state index contributed by atoms with van der Waals surface area (Å²) in [5.74, 6) is -3.24. The van der Waals surface area contributed by atoms with E-state index in [1.165, 1.54) is 0 Å². The number of hydrogen-bond donors (Lipinski definition) is 0. The molecule has 0 aliphatic carbocycles. The van der Waals surface area contributed by atoms with Gasteiger partial charge in [0.2, 0.25) is 0 Å². The number of rotatable bonds is 5. The van der Waals surface area contributed by atoms with Gasteiger partial charge in [0, 0.05) is 12.3 Å². The van der Waals surface area contributed by atoms with Crippen molar-refractivity contribution in [2.45, 2.75) is 12.5 Å². The number of hydrogen-bond acceptors (Lipinski definition) is 5. The molecule has 12 heteroatoms. The Balaban J connectivity index is 2.54. The second kappa shape index (κ2) is 7.51. The van der Waals surface area contributed by atoms with Gasteiger partial charge in [0.1, 0.15) is 5.75 Å². The van der Waals surface area contributed by atoms with Crippen molar-refractivity contribution in [1.29, 1.82) is 0 Å². The van der Waals surface area contributed by atoms with Gasteiger partial charge >= 0.3 is 12.5 Å². The van der Waals surface area contributed by atoms with E-state index in [0.29, 0.717) is 24.4 Å². The number of ether oxygens (including phenoxy) is 3. The average molecular weight is 419 g/mol. The second-order valence-corrected chi connectivity index (χ2v) is 5.05. The zero-order chi connectivity index (χ0) is 22.9. The lowest BCUT2D eigenvalue weighted by molar-refractivity contribution is -0.274. The lowest BCUT2D eigenvalue weighted by atomic mass is 10.2. The molecule has 1 heterocycles. The number of carbonyl (C=O) groups excluding carboxylic acids is 1. The van der Waals surface area contributed by atoms with Gasteiger partial charge in [0.15, 0.2) is 22.9 Å². The fraction of sp³-hybridized carbons (Fsp3) is 0.200. The van der Waals surface area contributed by atoms with Crippen LogP contribution in [0.15, 0.2) is 30.5 Å². The molecule has 0 saturated heterocycles. The van der Waals surface area contributed by atoms with Crippen LogP contribution >= 0.6 is 11.6 Å². The molecule has 0 atom stereocenters. The van der Waals surface area contributed by atoms with Crippen molar-refractivity contribution < 1.29 is 49.5 Å². The lowest BCUT2D eigenvalue weighted by Crippen LogP contribution is -2.17. The summed E-state index contributed by atoms with van der Waals surface area (Å²) in [5.41, 5.74) is -2.10. The molecule has 5 nitrogen and oxygen atoms in total. The quantitative estimate of drug-likeness (QED) is 0.495. The summed E-state index contributed by atoms with van der Waals surface area (Å²) in [6, 6.07) is 2.24. The number of pyridine rings is 1. The van der Waals surface area contributed by atoms with Crippen molar-refractivity contribution in [3.05, 3.63) is 41.7 Å². The first kappa shape index (κ1) is 16.5. The Morgan fingerprint density at radius 3 is 2.37 bits per heavy atom. The highest BCUT2D eigenvalue weighted by Crippen LogP contribution is 2.39. The van der Waals surface area contributed by atoms with Gasteiger partial charge in [-0.25, -0.2) is 4.98 Å². The summed E-state index contributed by atoms with van der Waals surface area (Å²) in [7, 11) is -3.17. The van der Waals surface area contributed by atoms with Gasteiger partial charge in [0.25, 0.3) is 5.24 Å². The van der Waals surface area contributed by atoms with Crippen LogP contribution in [-0.2, 0) is 6.18 Å². The third kappa shape index (κ3) is 5.39. The first-order valence-electron chi connectivity index (χ1n) is 8.09. The smallest absolute Gasteiger partial charge is 0.493 e. The van der Waals surface area contributed by atoms with Crippen molar-refractivity contribution in [2.24, 2.45) is 0 Å². The summed E-state index contributed by atoms with van der Waals surface area (Å²) in [4.78, 5) is 14.7. The third-order valence-corrected chi connectivity index (χ3v) is 3.02. The average Bonchev–Trinajstić information content (AvgIpc) is 2.53. The number of nitrogens with zero attached hydrogens (tertiary/aromatic N) is 1. The Morgan fingerprint density at radius 1 is 1.11 bits per heavy atom. The molecule has 1 aromatic carbocycles. The van der Waals surface area contributed by atoms with Gasteiger partial charge in [-0.3, -0.25) is 4.79 Å². The zero-order valence-corrected chi connectivity index (χ0v) is 13.4. The molecule has 0 saturated carbocycles. The van der Waals surface area contributed by atoms with Gasteiger partial charge < -0.3 is 14.2 Å². The number of carbonyl (C=O) groups is 1. The molecule has 2 rings (SSSR count). The fourth-order valence-electron chi connectivity index (χ4n) is 1.79. The minimum Gasteiger partial charge on any atom is -0.493 e. The molecule has 146 valence electrons. The molecule has 27 heavy (non-hydrogen) atoms. The van der Waals surface area contributed by atoms with E-state index >= 15 is 0 Å². The van der Waals surface area contributed by atoms with Crippen molar-refractivity contribution >= 4 is 16.8 Å². The molecule has 0 amide bonds. The highest BCUT2D eigenvalue weighted by molar-refractivity contribution is 6.67. The normalized spacial score (nSPS) is 14.0. The van der Waals surface area contributed by atoms with Crippen LogP contribution in [0.4, 0.5) is 26.3 Å². The molecule has 0 aliphatic rings. The minimum atomic E-state index is -5.12. The van der Waals surface area contributed by atoms with E-state index in [1.807, 2.05) is 0 Å². The molecule has 2 aromatic rings. The molecule has 0 bridgehead atoms. The highest BCUT2D eigenvalue weighted by atomic mass is 35.5. The predicted octanol–water partition coefficient (Wildman–Crippen LogP) is 5.18. The molecular weight excluding hydrogens is 408 g/mol. The number of methoxy groups -OCH3 is 1. The maximum atomic E-state index is 12.9. The Bertz CT molecular complexity index is 949. The standard InChI is InChI=1S/C15H8ClF6NO4/c1-25-10-5-8(27-15(20,21)22)2-3-9(10)26-11-4-7(14(17,18)19)6-23-12(11)13(16)24/h2-6H,1H3/i1D3. The molecule has 0 spiro atoms. The molecule has 1 aromatic heterocycles. The van der Waals surface area contributed by atoms with Gasteiger partial charge in [0.05, 0.1) is 16.7 Å². The van der Waals surface area contributed by atoms with Gasteiger partial charge in [-0.15, -0.1) is 13.2 Å². The van der Waals surface area contributed by atoms with Gasteiger partial charge in [-0.1, -0.05) is 0 Å². The molecule has 0 aliphatic heterocycles. The van der Waals surface area contributed by atoms with Crippen LogP contribution < -0.4 is 14.2 Å². The molecular formula is C15H8ClF6NO4. The zero-order valence-electron chi connectivity index (χ0n) is 15.6. The number of aromatic nitrogens is 1. The van der Waals surface area contributed by atoms with Crippen LogP contribution in [0.3, 0.4) is 0 Å². The van der Waals surface area contributed by atoms with E-state index in [1.54, 1.807) is 0 Å². The lowest BCUT2D eigenvalue weighted by Gasteiger charge is -2.15. The van der Waals surface area contributed by atoms with Crippen LogP contribution in [0, 0.1) is 0 Å².